The van der Waals surface area contributed by atoms with Gasteiger partial charge in [-0.1, -0.05) is 0 Å². The summed E-state index contributed by atoms with van der Waals surface area (Å²) < 4.78 is 2.45. The standard InChI is InChI=1S/C25H31N5/c1-19(20-6-9-26-10-7-20)17-30-24-5-4-21(29-14-12-27(2)13-15-29)16-22(24)23-18-28(3)11-8-25(23)30/h4-7,9-10,16-17H,8,11-15,18H2,1-3H3. The molecule has 1 saturated heterocycles. The number of piperazine rings is 1. The summed E-state index contributed by atoms with van der Waals surface area (Å²) in [5.74, 6) is 0. The summed E-state index contributed by atoms with van der Waals surface area (Å²) in [4.78, 5) is 11.6. The van der Waals surface area contributed by atoms with Gasteiger partial charge in [0.2, 0.25) is 0 Å². The molecule has 0 N–H and O–H groups in total. The zero-order valence-electron chi connectivity index (χ0n) is 18.3. The summed E-state index contributed by atoms with van der Waals surface area (Å²) in [6.45, 7) is 8.80. The van der Waals surface area contributed by atoms with Crippen molar-refractivity contribution in [3.8, 4) is 0 Å². The van der Waals surface area contributed by atoms with E-state index in [1.807, 2.05) is 12.4 Å². The Bertz CT molecular complexity index is 1070. The molecule has 0 amide bonds. The van der Waals surface area contributed by atoms with Crippen LogP contribution in [0, 0.1) is 0 Å². The summed E-state index contributed by atoms with van der Waals surface area (Å²) in [5.41, 5.74) is 8.13. The predicted octanol–water partition coefficient (Wildman–Crippen LogP) is 3.79. The van der Waals surface area contributed by atoms with E-state index in [2.05, 4.69) is 81.8 Å². The zero-order chi connectivity index (χ0) is 20.7. The fraction of sp³-hybridized carbons (Fsp3) is 0.400. The molecule has 3 aromatic rings. The minimum atomic E-state index is 1.02. The summed E-state index contributed by atoms with van der Waals surface area (Å²) >= 11 is 0. The third-order valence-corrected chi connectivity index (χ3v) is 6.69. The van der Waals surface area contributed by atoms with Gasteiger partial charge in [-0.2, -0.15) is 0 Å². The number of anilines is 1. The van der Waals surface area contributed by atoms with E-state index in [1.165, 1.54) is 39.0 Å². The zero-order valence-corrected chi connectivity index (χ0v) is 18.3. The van der Waals surface area contributed by atoms with Crippen LogP contribution in [0.25, 0.3) is 22.7 Å². The molecule has 0 unspecified atom stereocenters. The van der Waals surface area contributed by atoms with Gasteiger partial charge in [0, 0.05) is 81.1 Å². The SMILES string of the molecule is CC(=Cn1c2c(c3cc(N4CCN(C)CC4)ccc31)CN(C)CC2)c1ccncc1. The lowest BCUT2D eigenvalue weighted by Crippen LogP contribution is -2.44. The Balaban J connectivity index is 1.61. The second-order valence-electron chi connectivity index (χ2n) is 8.82. The van der Waals surface area contributed by atoms with Crippen LogP contribution in [0.1, 0.15) is 23.7 Å². The van der Waals surface area contributed by atoms with E-state index in [1.54, 1.807) is 0 Å². The molecule has 2 aromatic heterocycles. The van der Waals surface area contributed by atoms with Crippen molar-refractivity contribution in [2.24, 2.45) is 0 Å². The summed E-state index contributed by atoms with van der Waals surface area (Å²) in [5, 5.41) is 1.41. The number of aromatic nitrogens is 2. The van der Waals surface area contributed by atoms with Crippen LogP contribution in [0.2, 0.25) is 0 Å². The van der Waals surface area contributed by atoms with Gasteiger partial charge in [0.05, 0.1) is 5.52 Å². The lowest BCUT2D eigenvalue weighted by atomic mass is 10.0. The fourth-order valence-electron chi connectivity index (χ4n) is 4.81. The van der Waals surface area contributed by atoms with Gasteiger partial charge in [-0.15, -0.1) is 0 Å². The number of fused-ring (bicyclic) bond motifs is 3. The molecule has 156 valence electrons. The van der Waals surface area contributed by atoms with Gasteiger partial charge < -0.3 is 19.3 Å². The number of hydrogen-bond acceptors (Lipinski definition) is 4. The van der Waals surface area contributed by atoms with Gasteiger partial charge in [-0.25, -0.2) is 0 Å². The first-order valence-corrected chi connectivity index (χ1v) is 11.0. The maximum absolute atomic E-state index is 4.16. The Hall–Kier alpha value is -2.63. The van der Waals surface area contributed by atoms with Gasteiger partial charge in [-0.3, -0.25) is 4.98 Å². The van der Waals surface area contributed by atoms with Crippen molar-refractivity contribution in [1.82, 2.24) is 19.4 Å². The molecule has 0 aliphatic carbocycles. The molecule has 1 fully saturated rings. The third kappa shape index (κ3) is 3.53. The molecule has 4 heterocycles. The van der Waals surface area contributed by atoms with Crippen LogP contribution in [-0.4, -0.2) is 66.2 Å². The number of likely N-dealkylation sites (N-methyl/N-ethyl adjacent to an activating group) is 2. The Morgan fingerprint density at radius 2 is 1.70 bits per heavy atom. The Morgan fingerprint density at radius 3 is 2.47 bits per heavy atom. The largest absolute Gasteiger partial charge is 0.369 e. The molecule has 0 saturated carbocycles. The smallest absolute Gasteiger partial charge is 0.0530 e. The summed E-state index contributed by atoms with van der Waals surface area (Å²) in [6, 6.07) is 11.3. The first-order valence-electron chi connectivity index (χ1n) is 11.0. The quantitative estimate of drug-likeness (QED) is 0.667. The highest BCUT2D eigenvalue weighted by molar-refractivity contribution is 5.92. The van der Waals surface area contributed by atoms with Crippen molar-refractivity contribution < 1.29 is 0 Å². The van der Waals surface area contributed by atoms with E-state index in [0.29, 0.717) is 0 Å². The summed E-state index contributed by atoms with van der Waals surface area (Å²) in [7, 11) is 4.44. The number of nitrogens with zero attached hydrogens (tertiary/aromatic N) is 5. The molecule has 2 aliphatic heterocycles. The second kappa shape index (κ2) is 7.89. The van der Waals surface area contributed by atoms with Crippen molar-refractivity contribution in [1.29, 1.82) is 0 Å². The number of pyridine rings is 1. The number of benzene rings is 1. The van der Waals surface area contributed by atoms with Crippen molar-refractivity contribution in [3.63, 3.8) is 0 Å². The molecular weight excluding hydrogens is 370 g/mol. The predicted molar refractivity (Wildman–Crippen MR) is 126 cm³/mol. The maximum Gasteiger partial charge on any atom is 0.0530 e. The van der Waals surface area contributed by atoms with E-state index in [9.17, 15) is 0 Å². The lowest BCUT2D eigenvalue weighted by molar-refractivity contribution is 0.311. The minimum Gasteiger partial charge on any atom is -0.369 e. The number of hydrogen-bond donors (Lipinski definition) is 0. The average molecular weight is 402 g/mol. The van der Waals surface area contributed by atoms with Gasteiger partial charge in [0.15, 0.2) is 0 Å². The van der Waals surface area contributed by atoms with Crippen molar-refractivity contribution >= 4 is 28.4 Å². The molecule has 0 atom stereocenters. The Morgan fingerprint density at radius 1 is 0.933 bits per heavy atom. The van der Waals surface area contributed by atoms with Crippen LogP contribution in [0.5, 0.6) is 0 Å². The fourth-order valence-corrected chi connectivity index (χ4v) is 4.81. The first-order chi connectivity index (χ1) is 14.6. The van der Waals surface area contributed by atoms with Crippen molar-refractivity contribution in [3.05, 3.63) is 59.5 Å². The van der Waals surface area contributed by atoms with E-state index in [-0.39, 0.29) is 0 Å². The highest BCUT2D eigenvalue weighted by Crippen LogP contribution is 2.34. The Labute approximate surface area is 179 Å². The highest BCUT2D eigenvalue weighted by atomic mass is 15.2. The van der Waals surface area contributed by atoms with E-state index in [0.717, 1.165) is 45.7 Å². The summed E-state index contributed by atoms with van der Waals surface area (Å²) in [6.07, 6.45) is 7.14. The second-order valence-corrected chi connectivity index (χ2v) is 8.82. The van der Waals surface area contributed by atoms with Crippen LogP contribution in [-0.2, 0) is 13.0 Å². The molecule has 0 spiro atoms. The average Bonchev–Trinajstić information content (AvgIpc) is 3.07. The molecular formula is C25H31N5. The topological polar surface area (TPSA) is 27.5 Å². The van der Waals surface area contributed by atoms with Crippen LogP contribution in [0.15, 0.2) is 42.7 Å². The third-order valence-electron chi connectivity index (χ3n) is 6.69. The van der Waals surface area contributed by atoms with Crippen LogP contribution >= 0.6 is 0 Å². The van der Waals surface area contributed by atoms with Crippen LogP contribution in [0.3, 0.4) is 0 Å². The Kier molecular flexibility index (Phi) is 5.09. The monoisotopic (exact) mass is 401 g/mol. The molecule has 5 rings (SSSR count). The molecule has 0 bridgehead atoms. The normalized spacial score (nSPS) is 18.8. The molecule has 1 aromatic carbocycles. The van der Waals surface area contributed by atoms with Crippen molar-refractivity contribution in [2.45, 2.75) is 19.9 Å². The van der Waals surface area contributed by atoms with E-state index in [4.69, 9.17) is 0 Å². The first kappa shape index (κ1) is 19.3. The number of rotatable bonds is 3. The molecule has 0 radical (unpaired) electrons. The molecule has 2 aliphatic rings. The van der Waals surface area contributed by atoms with Gasteiger partial charge in [0.1, 0.15) is 0 Å². The maximum atomic E-state index is 4.16. The van der Waals surface area contributed by atoms with Gasteiger partial charge >= 0.3 is 0 Å². The molecule has 5 heteroatoms. The van der Waals surface area contributed by atoms with Gasteiger partial charge in [0.25, 0.3) is 0 Å². The van der Waals surface area contributed by atoms with Crippen molar-refractivity contribution in [2.75, 3.05) is 51.7 Å². The van der Waals surface area contributed by atoms with Crippen LogP contribution in [0.4, 0.5) is 5.69 Å². The van der Waals surface area contributed by atoms with E-state index < -0.39 is 0 Å². The molecule has 30 heavy (non-hydrogen) atoms. The minimum absolute atomic E-state index is 1.02. The number of allylic oxidation sites excluding steroid dienone is 1. The van der Waals surface area contributed by atoms with Crippen LogP contribution < -0.4 is 4.90 Å². The highest BCUT2D eigenvalue weighted by Gasteiger charge is 2.23. The van der Waals surface area contributed by atoms with E-state index >= 15 is 0 Å². The lowest BCUT2D eigenvalue weighted by Gasteiger charge is -2.34. The van der Waals surface area contributed by atoms with Gasteiger partial charge in [-0.05, 0) is 68.1 Å². The molecule has 5 nitrogen and oxygen atoms in total.